The van der Waals surface area contributed by atoms with E-state index in [-0.39, 0.29) is 5.92 Å². The average Bonchev–Trinajstić information content (AvgIpc) is 3.06. The van der Waals surface area contributed by atoms with Crippen molar-refractivity contribution in [1.29, 1.82) is 0 Å². The van der Waals surface area contributed by atoms with E-state index in [2.05, 4.69) is 10.1 Å². The largest absolute Gasteiger partial charge is 0.260 e. The van der Waals surface area contributed by atoms with Gasteiger partial charge in [0.15, 0.2) is 0 Å². The molecule has 23 heavy (non-hydrogen) atoms. The maximum atomic E-state index is 13.9. The second kappa shape index (κ2) is 5.63. The van der Waals surface area contributed by atoms with E-state index in [1.54, 1.807) is 17.1 Å². The molecule has 2 atom stereocenters. The summed E-state index contributed by atoms with van der Waals surface area (Å²) in [5, 5.41) is 10.8. The molecule has 1 aliphatic carbocycles. The molecule has 126 valence electrons. The maximum absolute atomic E-state index is 13.9. The third kappa shape index (κ3) is 3.45. The van der Waals surface area contributed by atoms with E-state index in [4.69, 9.17) is 5.14 Å². The quantitative estimate of drug-likeness (QED) is 0.880. The molecular weight excluding hydrogens is 315 g/mol. The molecule has 5 nitrogen and oxygen atoms in total. The summed E-state index contributed by atoms with van der Waals surface area (Å²) in [4.78, 5) is 4.51. The zero-order valence-electron chi connectivity index (χ0n) is 13.8. The number of pyridine rings is 1. The van der Waals surface area contributed by atoms with Gasteiger partial charge < -0.3 is 0 Å². The molecule has 1 fully saturated rings. The van der Waals surface area contributed by atoms with Gasteiger partial charge in [0.1, 0.15) is 5.67 Å². The second-order valence-corrected chi connectivity index (χ2v) is 8.98. The molecule has 2 aromatic heterocycles. The van der Waals surface area contributed by atoms with Gasteiger partial charge >= 0.3 is 0 Å². The van der Waals surface area contributed by atoms with Crippen molar-refractivity contribution in [1.82, 2.24) is 14.8 Å². The summed E-state index contributed by atoms with van der Waals surface area (Å²) < 4.78 is 26.8. The number of fused-ring (bicyclic) bond motifs is 1. The molecule has 0 spiro atoms. The van der Waals surface area contributed by atoms with Crippen molar-refractivity contribution in [3.05, 3.63) is 24.2 Å². The van der Waals surface area contributed by atoms with Crippen molar-refractivity contribution < 1.29 is 8.60 Å². The molecule has 0 saturated heterocycles. The lowest BCUT2D eigenvalue weighted by Gasteiger charge is -2.24. The lowest BCUT2D eigenvalue weighted by Crippen LogP contribution is -2.33. The van der Waals surface area contributed by atoms with Crippen LogP contribution in [0.1, 0.15) is 51.6 Å². The van der Waals surface area contributed by atoms with Crippen molar-refractivity contribution >= 4 is 21.9 Å². The van der Waals surface area contributed by atoms with Crippen LogP contribution in [0.2, 0.25) is 0 Å². The van der Waals surface area contributed by atoms with Crippen LogP contribution in [0, 0.1) is 0 Å². The highest BCUT2D eigenvalue weighted by Crippen LogP contribution is 2.41. The van der Waals surface area contributed by atoms with Crippen LogP contribution in [0.3, 0.4) is 0 Å². The molecule has 3 rings (SSSR count). The van der Waals surface area contributed by atoms with Gasteiger partial charge in [0, 0.05) is 11.1 Å². The minimum atomic E-state index is -1.38. The summed E-state index contributed by atoms with van der Waals surface area (Å²) in [6.45, 7) is 6.14. The number of nitrogens with two attached hydrogens (primary N) is 1. The minimum absolute atomic E-state index is 0.126. The van der Waals surface area contributed by atoms with E-state index in [9.17, 15) is 8.60 Å². The van der Waals surface area contributed by atoms with Gasteiger partial charge in [0.25, 0.3) is 0 Å². The molecule has 0 aliphatic heterocycles. The highest BCUT2D eigenvalue weighted by atomic mass is 32.2. The van der Waals surface area contributed by atoms with E-state index < -0.39 is 21.4 Å². The first-order valence-electron chi connectivity index (χ1n) is 7.87. The molecule has 0 aromatic carbocycles. The van der Waals surface area contributed by atoms with Crippen LogP contribution < -0.4 is 5.14 Å². The molecule has 1 saturated carbocycles. The first-order chi connectivity index (χ1) is 10.7. The molecule has 7 heteroatoms. The van der Waals surface area contributed by atoms with Crippen LogP contribution in [0.25, 0.3) is 10.9 Å². The van der Waals surface area contributed by atoms with Gasteiger partial charge in [0.05, 0.1) is 40.2 Å². The van der Waals surface area contributed by atoms with Crippen molar-refractivity contribution in [2.45, 2.75) is 62.9 Å². The third-order valence-electron chi connectivity index (χ3n) is 4.62. The van der Waals surface area contributed by atoms with Gasteiger partial charge in [-0.2, -0.15) is 5.10 Å². The van der Waals surface area contributed by atoms with E-state index in [0.29, 0.717) is 25.8 Å². The van der Waals surface area contributed by atoms with Crippen LogP contribution >= 0.6 is 0 Å². The van der Waals surface area contributed by atoms with Gasteiger partial charge in [-0.1, -0.05) is 6.92 Å². The van der Waals surface area contributed by atoms with Crippen LogP contribution in [-0.4, -0.2) is 29.4 Å². The van der Waals surface area contributed by atoms with Crippen molar-refractivity contribution in [3.8, 4) is 0 Å². The number of alkyl halides is 1. The Balaban J connectivity index is 1.82. The lowest BCUT2D eigenvalue weighted by molar-refractivity contribution is 0.264. The average molecular weight is 338 g/mol. The Hall–Kier alpha value is -1.34. The molecule has 0 radical (unpaired) electrons. The molecule has 1 unspecified atom stereocenters. The SMILES string of the molecule is C[C@H](CC(C)(C)S(N)=O)c1cc2cnn(CC3(F)CC3)c2cn1. The Morgan fingerprint density at radius 3 is 2.78 bits per heavy atom. The summed E-state index contributed by atoms with van der Waals surface area (Å²) in [5.74, 6) is 0.126. The summed E-state index contributed by atoms with van der Waals surface area (Å²) in [5.41, 5.74) is 0.684. The molecule has 2 N–H and O–H groups in total. The van der Waals surface area contributed by atoms with Gasteiger partial charge in [-0.3, -0.25) is 14.8 Å². The van der Waals surface area contributed by atoms with Crippen LogP contribution in [-0.2, 0) is 17.5 Å². The number of aromatic nitrogens is 3. The van der Waals surface area contributed by atoms with Gasteiger partial charge in [-0.05, 0) is 45.1 Å². The summed E-state index contributed by atoms with van der Waals surface area (Å²) in [6, 6.07) is 1.98. The van der Waals surface area contributed by atoms with Gasteiger partial charge in [-0.25, -0.2) is 8.60 Å². The first kappa shape index (κ1) is 16.5. The molecule has 1 aliphatic rings. The highest BCUT2D eigenvalue weighted by Gasteiger charge is 2.44. The number of hydrogen-bond donors (Lipinski definition) is 1. The Morgan fingerprint density at radius 1 is 1.48 bits per heavy atom. The number of rotatable bonds is 6. The zero-order chi connectivity index (χ0) is 16.8. The number of hydrogen-bond acceptors (Lipinski definition) is 3. The van der Waals surface area contributed by atoms with Crippen molar-refractivity contribution in [2.24, 2.45) is 5.14 Å². The van der Waals surface area contributed by atoms with Gasteiger partial charge in [0.2, 0.25) is 0 Å². The van der Waals surface area contributed by atoms with Gasteiger partial charge in [-0.15, -0.1) is 0 Å². The van der Waals surface area contributed by atoms with Crippen LogP contribution in [0.15, 0.2) is 18.5 Å². The van der Waals surface area contributed by atoms with Crippen LogP contribution in [0.5, 0.6) is 0 Å². The first-order valence-corrected chi connectivity index (χ1v) is 9.08. The van der Waals surface area contributed by atoms with E-state index in [1.807, 2.05) is 26.8 Å². The predicted molar refractivity (Wildman–Crippen MR) is 90.0 cm³/mol. The standard InChI is InChI=1S/C16H23FN4OS/c1-11(7-15(2,3)23(18)22)13-6-12-8-20-21(14(12)9-19-13)10-16(17)4-5-16/h6,8-9,11H,4-5,7,10,18H2,1-3H3/t11-,23?/m1/s1. The predicted octanol–water partition coefficient (Wildman–Crippen LogP) is 2.83. The zero-order valence-corrected chi connectivity index (χ0v) is 14.6. The summed E-state index contributed by atoms with van der Waals surface area (Å²) in [7, 11) is -1.38. The number of nitrogens with zero attached hydrogens (tertiary/aromatic N) is 3. The third-order valence-corrected chi connectivity index (χ3v) is 5.88. The molecular formula is C16H23FN4OS. The number of halogens is 1. The molecule has 2 aromatic rings. The Bertz CT molecular complexity index is 754. The van der Waals surface area contributed by atoms with E-state index in [1.165, 1.54) is 0 Å². The fraction of sp³-hybridized carbons (Fsp3) is 0.625. The topological polar surface area (TPSA) is 73.8 Å². The van der Waals surface area contributed by atoms with Crippen molar-refractivity contribution in [2.75, 3.05) is 0 Å². The fourth-order valence-electron chi connectivity index (χ4n) is 2.88. The summed E-state index contributed by atoms with van der Waals surface area (Å²) in [6.07, 6.45) is 5.41. The normalized spacial score (nSPS) is 19.7. The fourth-order valence-corrected chi connectivity index (χ4v) is 3.29. The maximum Gasteiger partial charge on any atom is 0.130 e. The summed E-state index contributed by atoms with van der Waals surface area (Å²) >= 11 is 0. The van der Waals surface area contributed by atoms with E-state index >= 15 is 0 Å². The minimum Gasteiger partial charge on any atom is -0.260 e. The Morgan fingerprint density at radius 2 is 2.17 bits per heavy atom. The highest BCUT2D eigenvalue weighted by molar-refractivity contribution is 7.84. The smallest absolute Gasteiger partial charge is 0.130 e. The Kier molecular flexibility index (Phi) is 4.04. The van der Waals surface area contributed by atoms with Crippen LogP contribution in [0.4, 0.5) is 4.39 Å². The lowest BCUT2D eigenvalue weighted by atomic mass is 9.94. The molecule has 0 bridgehead atoms. The monoisotopic (exact) mass is 338 g/mol. The molecule has 0 amide bonds. The second-order valence-electron chi connectivity index (χ2n) is 7.28. The molecule has 2 heterocycles. The Labute approximate surface area is 138 Å². The van der Waals surface area contributed by atoms with Crippen molar-refractivity contribution in [3.63, 3.8) is 0 Å². The van der Waals surface area contributed by atoms with E-state index in [0.717, 1.165) is 16.6 Å².